The lowest BCUT2D eigenvalue weighted by Crippen LogP contribution is -2.11. The molecule has 2 aromatic rings. The molecule has 4 nitrogen and oxygen atoms in total. The average molecular weight is 232 g/mol. The molecule has 0 aliphatic rings. The van der Waals surface area contributed by atoms with Crippen LogP contribution in [0.15, 0.2) is 30.6 Å². The van der Waals surface area contributed by atoms with E-state index >= 15 is 0 Å². The Morgan fingerprint density at radius 2 is 1.88 bits per heavy atom. The summed E-state index contributed by atoms with van der Waals surface area (Å²) in [5, 5.41) is 9.96. The highest BCUT2D eigenvalue weighted by Gasteiger charge is 2.09. The van der Waals surface area contributed by atoms with Crippen molar-refractivity contribution in [3.8, 4) is 0 Å². The Bertz CT molecular complexity index is 499. The van der Waals surface area contributed by atoms with Gasteiger partial charge in [0, 0.05) is 12.4 Å². The van der Waals surface area contributed by atoms with Gasteiger partial charge in [0.1, 0.15) is 6.10 Å². The first kappa shape index (κ1) is 12.0. The third kappa shape index (κ3) is 2.99. The smallest absolute Gasteiger partial charge is 0.102 e. The van der Waals surface area contributed by atoms with Crippen LogP contribution in [-0.4, -0.2) is 27.8 Å². The minimum absolute atomic E-state index is 0.116. The Balaban J connectivity index is 2.18. The quantitative estimate of drug-likeness (QED) is 0.877. The zero-order valence-electron chi connectivity index (χ0n) is 10.00. The van der Waals surface area contributed by atoms with Crippen molar-refractivity contribution in [3.63, 3.8) is 0 Å². The third-order valence-corrected chi connectivity index (χ3v) is 2.47. The third-order valence-electron chi connectivity index (χ3n) is 2.47. The van der Waals surface area contributed by atoms with Gasteiger partial charge in [-0.25, -0.2) is 0 Å². The van der Waals surface area contributed by atoms with Crippen molar-refractivity contribution >= 4 is 11.0 Å². The van der Waals surface area contributed by atoms with Crippen molar-refractivity contribution in [3.05, 3.63) is 36.2 Å². The number of hydrogen-bond donors (Lipinski definition) is 1. The number of rotatable bonds is 4. The van der Waals surface area contributed by atoms with Crippen LogP contribution >= 0.6 is 0 Å². The van der Waals surface area contributed by atoms with Crippen molar-refractivity contribution in [2.45, 2.75) is 26.1 Å². The highest BCUT2D eigenvalue weighted by molar-refractivity contribution is 5.74. The van der Waals surface area contributed by atoms with E-state index in [0.717, 1.165) is 16.6 Å². The second-order valence-corrected chi connectivity index (χ2v) is 4.20. The summed E-state index contributed by atoms with van der Waals surface area (Å²) in [6.45, 7) is 4.18. The number of fused-ring (bicyclic) bond motifs is 1. The van der Waals surface area contributed by atoms with E-state index in [1.807, 2.05) is 32.0 Å². The summed E-state index contributed by atoms with van der Waals surface area (Å²) in [6.07, 6.45) is 2.79. The largest absolute Gasteiger partial charge is 0.386 e. The lowest BCUT2D eigenvalue weighted by atomic mass is 10.1. The Labute approximate surface area is 100 Å². The van der Waals surface area contributed by atoms with Crippen LogP contribution in [0.1, 0.15) is 25.5 Å². The first-order valence-corrected chi connectivity index (χ1v) is 5.67. The van der Waals surface area contributed by atoms with Crippen LogP contribution in [0.4, 0.5) is 0 Å². The second-order valence-electron chi connectivity index (χ2n) is 4.20. The molecule has 0 amide bonds. The fraction of sp³-hybridized carbons (Fsp3) is 0.385. The van der Waals surface area contributed by atoms with Crippen molar-refractivity contribution in [2.75, 3.05) is 6.61 Å². The van der Waals surface area contributed by atoms with Gasteiger partial charge in [-0.2, -0.15) is 0 Å². The fourth-order valence-electron chi connectivity index (χ4n) is 1.57. The molecule has 1 heterocycles. The molecule has 0 aliphatic heterocycles. The number of aliphatic hydroxyl groups is 1. The molecule has 2 rings (SSSR count). The highest BCUT2D eigenvalue weighted by Crippen LogP contribution is 2.18. The normalized spacial score (nSPS) is 13.2. The minimum atomic E-state index is -0.621. The van der Waals surface area contributed by atoms with E-state index in [4.69, 9.17) is 4.74 Å². The first-order chi connectivity index (χ1) is 8.16. The number of ether oxygens (including phenoxy) is 1. The Hall–Kier alpha value is -1.52. The SMILES string of the molecule is CC(C)OCC(O)c1ccc2nccnc2c1. The Morgan fingerprint density at radius 1 is 1.18 bits per heavy atom. The van der Waals surface area contributed by atoms with Crippen LogP contribution in [0.3, 0.4) is 0 Å². The zero-order valence-corrected chi connectivity index (χ0v) is 10.00. The number of hydrogen-bond acceptors (Lipinski definition) is 4. The average Bonchev–Trinajstić information content (AvgIpc) is 2.35. The van der Waals surface area contributed by atoms with E-state index in [1.165, 1.54) is 0 Å². The molecular weight excluding hydrogens is 216 g/mol. The molecule has 17 heavy (non-hydrogen) atoms. The van der Waals surface area contributed by atoms with Gasteiger partial charge in [-0.15, -0.1) is 0 Å². The molecule has 0 radical (unpaired) electrons. The molecule has 1 N–H and O–H groups in total. The van der Waals surface area contributed by atoms with E-state index < -0.39 is 6.10 Å². The Morgan fingerprint density at radius 3 is 2.59 bits per heavy atom. The van der Waals surface area contributed by atoms with Gasteiger partial charge in [0.25, 0.3) is 0 Å². The monoisotopic (exact) mass is 232 g/mol. The van der Waals surface area contributed by atoms with Gasteiger partial charge in [0.05, 0.1) is 23.7 Å². The molecule has 1 atom stereocenters. The summed E-state index contributed by atoms with van der Waals surface area (Å²) in [5.41, 5.74) is 2.42. The van der Waals surface area contributed by atoms with E-state index in [2.05, 4.69) is 9.97 Å². The van der Waals surface area contributed by atoms with E-state index in [9.17, 15) is 5.11 Å². The molecule has 1 aromatic heterocycles. The highest BCUT2D eigenvalue weighted by atomic mass is 16.5. The number of benzene rings is 1. The van der Waals surface area contributed by atoms with Gasteiger partial charge in [-0.1, -0.05) is 6.07 Å². The summed E-state index contributed by atoms with van der Waals surface area (Å²) in [4.78, 5) is 8.39. The van der Waals surface area contributed by atoms with Gasteiger partial charge in [-0.05, 0) is 31.5 Å². The van der Waals surface area contributed by atoms with Crippen LogP contribution < -0.4 is 0 Å². The van der Waals surface area contributed by atoms with Gasteiger partial charge >= 0.3 is 0 Å². The molecular formula is C13H16N2O2. The predicted octanol–water partition coefficient (Wildman–Crippen LogP) is 2.09. The fourth-order valence-corrected chi connectivity index (χ4v) is 1.57. The molecule has 0 bridgehead atoms. The molecule has 1 aromatic carbocycles. The maximum Gasteiger partial charge on any atom is 0.102 e. The van der Waals surface area contributed by atoms with E-state index in [-0.39, 0.29) is 6.10 Å². The molecule has 1 unspecified atom stereocenters. The van der Waals surface area contributed by atoms with Crippen LogP contribution in [-0.2, 0) is 4.74 Å². The number of aromatic nitrogens is 2. The molecule has 0 saturated carbocycles. The van der Waals surface area contributed by atoms with Crippen molar-refractivity contribution in [1.82, 2.24) is 9.97 Å². The van der Waals surface area contributed by atoms with Crippen molar-refractivity contribution in [1.29, 1.82) is 0 Å². The molecule has 4 heteroatoms. The van der Waals surface area contributed by atoms with Gasteiger partial charge in [0.2, 0.25) is 0 Å². The van der Waals surface area contributed by atoms with Crippen LogP contribution in [0.25, 0.3) is 11.0 Å². The zero-order chi connectivity index (χ0) is 12.3. The maximum absolute atomic E-state index is 9.96. The summed E-state index contributed by atoms with van der Waals surface area (Å²) in [5.74, 6) is 0. The summed E-state index contributed by atoms with van der Waals surface area (Å²) >= 11 is 0. The van der Waals surface area contributed by atoms with Gasteiger partial charge in [-0.3, -0.25) is 9.97 Å². The van der Waals surface area contributed by atoms with Crippen LogP contribution in [0, 0.1) is 0 Å². The maximum atomic E-state index is 9.96. The lowest BCUT2D eigenvalue weighted by Gasteiger charge is -2.14. The summed E-state index contributed by atoms with van der Waals surface area (Å²) in [7, 11) is 0. The van der Waals surface area contributed by atoms with Crippen LogP contribution in [0.5, 0.6) is 0 Å². The summed E-state index contributed by atoms with van der Waals surface area (Å²) < 4.78 is 5.38. The van der Waals surface area contributed by atoms with Crippen molar-refractivity contribution in [2.24, 2.45) is 0 Å². The van der Waals surface area contributed by atoms with Crippen LogP contribution in [0.2, 0.25) is 0 Å². The topological polar surface area (TPSA) is 55.2 Å². The number of nitrogens with zero attached hydrogens (tertiary/aromatic N) is 2. The van der Waals surface area contributed by atoms with E-state index in [0.29, 0.717) is 6.61 Å². The molecule has 0 fully saturated rings. The Kier molecular flexibility index (Phi) is 3.66. The molecule has 0 aliphatic carbocycles. The lowest BCUT2D eigenvalue weighted by molar-refractivity contribution is 0.00497. The van der Waals surface area contributed by atoms with Crippen molar-refractivity contribution < 1.29 is 9.84 Å². The standard InChI is InChI=1S/C13H16N2O2/c1-9(2)17-8-13(16)10-3-4-11-12(7-10)15-6-5-14-11/h3-7,9,13,16H,8H2,1-2H3. The van der Waals surface area contributed by atoms with Gasteiger partial charge < -0.3 is 9.84 Å². The predicted molar refractivity (Wildman–Crippen MR) is 65.6 cm³/mol. The second kappa shape index (κ2) is 5.21. The summed E-state index contributed by atoms with van der Waals surface area (Å²) in [6, 6.07) is 5.55. The minimum Gasteiger partial charge on any atom is -0.386 e. The molecule has 0 saturated heterocycles. The molecule has 90 valence electrons. The molecule has 0 spiro atoms. The van der Waals surface area contributed by atoms with Gasteiger partial charge in [0.15, 0.2) is 0 Å². The van der Waals surface area contributed by atoms with E-state index in [1.54, 1.807) is 12.4 Å². The number of aliphatic hydroxyl groups excluding tert-OH is 1. The first-order valence-electron chi connectivity index (χ1n) is 5.67.